The van der Waals surface area contributed by atoms with Crippen LogP contribution >= 0.6 is 22.9 Å². The number of carbonyl (C=O) groups is 1. The summed E-state index contributed by atoms with van der Waals surface area (Å²) >= 11 is 7.41. The van der Waals surface area contributed by atoms with Crippen LogP contribution in [0.1, 0.15) is 16.7 Å². The number of benzene rings is 1. The highest BCUT2D eigenvalue weighted by Gasteiger charge is 2.30. The lowest BCUT2D eigenvalue weighted by molar-refractivity contribution is 0.0147. The Bertz CT molecular complexity index is 659. The molecule has 2 heterocycles. The van der Waals surface area contributed by atoms with Gasteiger partial charge in [0.05, 0.1) is 13.2 Å². The average molecular weight is 338 g/mol. The first-order chi connectivity index (χ1) is 10.6. The van der Waals surface area contributed by atoms with Gasteiger partial charge in [0.15, 0.2) is 0 Å². The Morgan fingerprint density at radius 3 is 2.91 bits per heavy atom. The number of amides is 2. The fraction of sp³-hybridized carbons (Fsp3) is 0.333. The minimum atomic E-state index is -0.150. The van der Waals surface area contributed by atoms with Gasteiger partial charge in [0.1, 0.15) is 11.0 Å². The molecule has 1 saturated heterocycles. The number of hydrogen-bond acceptors (Lipinski definition) is 4. The number of carbonyl (C=O) groups excluding carboxylic acids is 1. The van der Waals surface area contributed by atoms with Crippen LogP contribution in [-0.4, -0.2) is 35.7 Å². The van der Waals surface area contributed by atoms with Crippen molar-refractivity contribution < 1.29 is 9.53 Å². The molecule has 1 aromatic heterocycles. The lowest BCUT2D eigenvalue weighted by Crippen LogP contribution is -2.45. The van der Waals surface area contributed by atoms with E-state index >= 15 is 0 Å². The Hall–Kier alpha value is -1.63. The molecule has 0 bridgehead atoms. The standard InChI is InChI=1S/C15H16ClN3O2S/c1-10-9-22-14(17-10)13-8-21-7-6-19(13)15(20)18-12-4-2-11(16)3-5-12/h2-5,9,13H,6-8H2,1H3,(H,18,20)/t13-/m0/s1. The number of aryl methyl sites for hydroxylation is 1. The second-order valence-electron chi connectivity index (χ2n) is 5.05. The molecule has 1 atom stereocenters. The van der Waals surface area contributed by atoms with E-state index in [2.05, 4.69) is 10.3 Å². The van der Waals surface area contributed by atoms with E-state index in [-0.39, 0.29) is 12.1 Å². The largest absolute Gasteiger partial charge is 0.377 e. The highest BCUT2D eigenvalue weighted by atomic mass is 35.5. The van der Waals surface area contributed by atoms with Gasteiger partial charge in [-0.3, -0.25) is 0 Å². The summed E-state index contributed by atoms with van der Waals surface area (Å²) in [7, 11) is 0. The molecule has 1 N–H and O–H groups in total. The highest BCUT2D eigenvalue weighted by molar-refractivity contribution is 7.09. The molecule has 1 aliphatic rings. The average Bonchev–Trinajstić information content (AvgIpc) is 2.96. The van der Waals surface area contributed by atoms with E-state index in [9.17, 15) is 4.79 Å². The number of hydrogen-bond donors (Lipinski definition) is 1. The van der Waals surface area contributed by atoms with Gasteiger partial charge in [-0.15, -0.1) is 11.3 Å². The van der Waals surface area contributed by atoms with Crippen LogP contribution in [0.25, 0.3) is 0 Å². The number of halogens is 1. The predicted molar refractivity (Wildman–Crippen MR) is 87.6 cm³/mol. The summed E-state index contributed by atoms with van der Waals surface area (Å²) in [6.07, 6.45) is 0. The zero-order valence-corrected chi connectivity index (χ0v) is 13.7. The van der Waals surface area contributed by atoms with Crippen molar-refractivity contribution in [3.8, 4) is 0 Å². The van der Waals surface area contributed by atoms with E-state index in [1.807, 2.05) is 12.3 Å². The van der Waals surface area contributed by atoms with E-state index in [0.29, 0.717) is 24.8 Å². The summed E-state index contributed by atoms with van der Waals surface area (Å²) < 4.78 is 5.52. The normalized spacial score (nSPS) is 18.3. The second kappa shape index (κ2) is 6.64. The Morgan fingerprint density at radius 2 is 2.23 bits per heavy atom. The van der Waals surface area contributed by atoms with Gasteiger partial charge < -0.3 is 15.0 Å². The van der Waals surface area contributed by atoms with Crippen LogP contribution in [0.5, 0.6) is 0 Å². The van der Waals surface area contributed by atoms with Crippen molar-refractivity contribution in [2.75, 3.05) is 25.1 Å². The number of aromatic nitrogens is 1. The van der Waals surface area contributed by atoms with Crippen LogP contribution in [0.4, 0.5) is 10.5 Å². The van der Waals surface area contributed by atoms with Crippen LogP contribution in [0.3, 0.4) is 0 Å². The van der Waals surface area contributed by atoms with Crippen molar-refractivity contribution in [3.63, 3.8) is 0 Å². The molecule has 5 nitrogen and oxygen atoms in total. The molecule has 0 radical (unpaired) electrons. The van der Waals surface area contributed by atoms with Crippen molar-refractivity contribution in [3.05, 3.63) is 45.4 Å². The zero-order valence-electron chi connectivity index (χ0n) is 12.1. The summed E-state index contributed by atoms with van der Waals surface area (Å²) in [5.74, 6) is 0. The van der Waals surface area contributed by atoms with Crippen LogP contribution < -0.4 is 5.32 Å². The van der Waals surface area contributed by atoms with Crippen molar-refractivity contribution >= 4 is 34.7 Å². The molecule has 2 aromatic rings. The molecule has 1 aromatic carbocycles. The van der Waals surface area contributed by atoms with Crippen molar-refractivity contribution in [2.45, 2.75) is 13.0 Å². The lowest BCUT2D eigenvalue weighted by atomic mass is 10.2. The lowest BCUT2D eigenvalue weighted by Gasteiger charge is -2.34. The molecular formula is C15H16ClN3O2S. The van der Waals surface area contributed by atoms with E-state index < -0.39 is 0 Å². The molecule has 0 aliphatic carbocycles. The molecule has 2 amide bonds. The minimum Gasteiger partial charge on any atom is -0.377 e. The predicted octanol–water partition coefficient (Wildman–Crippen LogP) is 3.71. The van der Waals surface area contributed by atoms with Gasteiger partial charge in [-0.25, -0.2) is 9.78 Å². The third-order valence-corrected chi connectivity index (χ3v) is 4.72. The van der Waals surface area contributed by atoms with Gasteiger partial charge in [0, 0.05) is 28.3 Å². The Kier molecular flexibility index (Phi) is 4.61. The Balaban J connectivity index is 1.75. The number of morpholine rings is 1. The molecule has 0 saturated carbocycles. The monoisotopic (exact) mass is 337 g/mol. The van der Waals surface area contributed by atoms with Gasteiger partial charge >= 0.3 is 6.03 Å². The van der Waals surface area contributed by atoms with Crippen LogP contribution in [0, 0.1) is 6.92 Å². The molecule has 0 unspecified atom stereocenters. The number of rotatable bonds is 2. The van der Waals surface area contributed by atoms with E-state index in [0.717, 1.165) is 16.4 Å². The number of nitrogens with one attached hydrogen (secondary N) is 1. The van der Waals surface area contributed by atoms with Crippen LogP contribution in [0.15, 0.2) is 29.6 Å². The maximum absolute atomic E-state index is 12.5. The molecule has 1 fully saturated rings. The molecule has 22 heavy (non-hydrogen) atoms. The molecule has 3 rings (SSSR count). The fourth-order valence-electron chi connectivity index (χ4n) is 2.31. The first kappa shape index (κ1) is 15.3. The number of anilines is 1. The van der Waals surface area contributed by atoms with E-state index in [1.165, 1.54) is 0 Å². The molecule has 116 valence electrons. The maximum atomic E-state index is 12.5. The first-order valence-electron chi connectivity index (χ1n) is 6.96. The quantitative estimate of drug-likeness (QED) is 0.908. The first-order valence-corrected chi connectivity index (χ1v) is 8.22. The van der Waals surface area contributed by atoms with Crippen LogP contribution in [-0.2, 0) is 4.74 Å². The summed E-state index contributed by atoms with van der Waals surface area (Å²) in [5.41, 5.74) is 1.68. The Morgan fingerprint density at radius 1 is 1.45 bits per heavy atom. The summed E-state index contributed by atoms with van der Waals surface area (Å²) in [6, 6.07) is 6.77. The fourth-order valence-corrected chi connectivity index (χ4v) is 3.32. The topological polar surface area (TPSA) is 54.5 Å². The molecular weight excluding hydrogens is 322 g/mol. The summed E-state index contributed by atoms with van der Waals surface area (Å²) in [5, 5.41) is 6.43. The number of thiazole rings is 1. The van der Waals surface area contributed by atoms with Crippen LogP contribution in [0.2, 0.25) is 5.02 Å². The Labute approximate surface area is 137 Å². The number of urea groups is 1. The molecule has 1 aliphatic heterocycles. The highest BCUT2D eigenvalue weighted by Crippen LogP contribution is 2.27. The van der Waals surface area contributed by atoms with E-state index in [4.69, 9.17) is 16.3 Å². The van der Waals surface area contributed by atoms with Gasteiger partial charge in [-0.05, 0) is 31.2 Å². The third kappa shape index (κ3) is 3.40. The smallest absolute Gasteiger partial charge is 0.322 e. The van der Waals surface area contributed by atoms with Crippen molar-refractivity contribution in [1.82, 2.24) is 9.88 Å². The van der Waals surface area contributed by atoms with Gasteiger partial charge in [-0.2, -0.15) is 0 Å². The van der Waals surface area contributed by atoms with E-state index in [1.54, 1.807) is 40.5 Å². The molecule has 7 heteroatoms. The third-order valence-electron chi connectivity index (χ3n) is 3.41. The number of ether oxygens (including phenoxy) is 1. The van der Waals surface area contributed by atoms with Crippen molar-refractivity contribution in [1.29, 1.82) is 0 Å². The van der Waals surface area contributed by atoms with Crippen molar-refractivity contribution in [2.24, 2.45) is 0 Å². The summed E-state index contributed by atoms with van der Waals surface area (Å²) in [4.78, 5) is 18.8. The van der Waals surface area contributed by atoms with Gasteiger partial charge in [0.2, 0.25) is 0 Å². The van der Waals surface area contributed by atoms with Gasteiger partial charge in [-0.1, -0.05) is 11.6 Å². The zero-order chi connectivity index (χ0) is 15.5. The SMILES string of the molecule is Cc1csc([C@@H]2COCCN2C(=O)Nc2ccc(Cl)cc2)n1. The second-order valence-corrected chi connectivity index (χ2v) is 6.37. The molecule has 0 spiro atoms. The number of nitrogens with zero attached hydrogens (tertiary/aromatic N) is 2. The summed E-state index contributed by atoms with van der Waals surface area (Å²) in [6.45, 7) is 3.50. The maximum Gasteiger partial charge on any atom is 0.322 e. The van der Waals surface area contributed by atoms with Gasteiger partial charge in [0.25, 0.3) is 0 Å². The minimum absolute atomic E-state index is 0.139.